The van der Waals surface area contributed by atoms with Gasteiger partial charge in [-0.1, -0.05) is 26.8 Å². The van der Waals surface area contributed by atoms with Crippen molar-refractivity contribution < 1.29 is 4.74 Å². The van der Waals surface area contributed by atoms with Crippen LogP contribution in [0.3, 0.4) is 0 Å². The Labute approximate surface area is 111 Å². The Hall–Kier alpha value is -1.62. The van der Waals surface area contributed by atoms with Crippen molar-refractivity contribution in [3.8, 4) is 17.0 Å². The molecule has 0 saturated carbocycles. The fraction of sp³-hybridized carbons (Fsp3) is 0.385. The van der Waals surface area contributed by atoms with E-state index < -0.39 is 0 Å². The van der Waals surface area contributed by atoms with Crippen LogP contribution in [0.15, 0.2) is 18.2 Å². The van der Waals surface area contributed by atoms with Crippen LogP contribution in [0.25, 0.3) is 11.3 Å². The summed E-state index contributed by atoms with van der Waals surface area (Å²) in [4.78, 5) is 0. The maximum atomic E-state index is 5.84. The molecule has 0 unspecified atom stereocenters. The molecule has 5 heteroatoms. The van der Waals surface area contributed by atoms with Gasteiger partial charge in [0.25, 0.3) is 0 Å². The second-order valence-electron chi connectivity index (χ2n) is 5.16. The summed E-state index contributed by atoms with van der Waals surface area (Å²) >= 11 is 1.11. The first-order valence-electron chi connectivity index (χ1n) is 5.70. The number of hydrogen-bond acceptors (Lipinski definition) is 5. The third kappa shape index (κ3) is 2.31. The number of nitrogen functional groups attached to an aromatic ring is 1. The largest absolute Gasteiger partial charge is 0.496 e. The molecule has 0 aliphatic rings. The standard InChI is InChI=1S/C13H17N3OS/c1-13(2,3)8-5-6-10(17-4)9(7-8)11-12(14)16-18-15-11/h5-7H,1-4H3,(H2,14,16). The van der Waals surface area contributed by atoms with Gasteiger partial charge < -0.3 is 10.5 Å². The van der Waals surface area contributed by atoms with E-state index in [1.54, 1.807) is 7.11 Å². The van der Waals surface area contributed by atoms with Gasteiger partial charge in [0.2, 0.25) is 0 Å². The van der Waals surface area contributed by atoms with Crippen LogP contribution in [0.1, 0.15) is 26.3 Å². The first-order chi connectivity index (χ1) is 8.43. The van der Waals surface area contributed by atoms with Crippen LogP contribution in [0.4, 0.5) is 5.82 Å². The van der Waals surface area contributed by atoms with E-state index in [0.717, 1.165) is 23.0 Å². The minimum Gasteiger partial charge on any atom is -0.496 e. The van der Waals surface area contributed by atoms with Gasteiger partial charge in [-0.25, -0.2) is 0 Å². The van der Waals surface area contributed by atoms with E-state index in [1.165, 1.54) is 5.56 Å². The summed E-state index contributed by atoms with van der Waals surface area (Å²) in [6.07, 6.45) is 0. The molecule has 1 heterocycles. The predicted octanol–water partition coefficient (Wildman–Crippen LogP) is 3.09. The van der Waals surface area contributed by atoms with Gasteiger partial charge in [0.15, 0.2) is 5.82 Å². The van der Waals surface area contributed by atoms with E-state index in [1.807, 2.05) is 6.07 Å². The summed E-state index contributed by atoms with van der Waals surface area (Å²) in [5.74, 6) is 1.21. The molecule has 2 rings (SSSR count). The Morgan fingerprint density at radius 1 is 1.22 bits per heavy atom. The zero-order valence-electron chi connectivity index (χ0n) is 11.0. The SMILES string of the molecule is COc1ccc(C(C)(C)C)cc1-c1nsnc1N. The number of benzene rings is 1. The first kappa shape index (κ1) is 12.8. The Morgan fingerprint density at radius 3 is 2.44 bits per heavy atom. The van der Waals surface area contributed by atoms with Crippen LogP contribution in [-0.4, -0.2) is 15.9 Å². The fourth-order valence-corrected chi connectivity index (χ4v) is 2.23. The first-order valence-corrected chi connectivity index (χ1v) is 6.43. The highest BCUT2D eigenvalue weighted by Crippen LogP contribution is 2.36. The lowest BCUT2D eigenvalue weighted by Crippen LogP contribution is -2.11. The molecule has 0 atom stereocenters. The summed E-state index contributed by atoms with van der Waals surface area (Å²) in [7, 11) is 1.64. The molecule has 96 valence electrons. The van der Waals surface area contributed by atoms with Crippen molar-refractivity contribution in [2.45, 2.75) is 26.2 Å². The molecule has 0 bridgehead atoms. The summed E-state index contributed by atoms with van der Waals surface area (Å²) in [6, 6.07) is 6.10. The third-order valence-corrected chi connectivity index (χ3v) is 3.38. The Morgan fingerprint density at radius 2 is 1.94 bits per heavy atom. The number of anilines is 1. The molecular formula is C13H17N3OS. The van der Waals surface area contributed by atoms with E-state index in [9.17, 15) is 0 Å². The Kier molecular flexibility index (Phi) is 3.26. The van der Waals surface area contributed by atoms with Crippen LogP contribution in [0.5, 0.6) is 5.75 Å². The Balaban J connectivity index is 2.61. The fourth-order valence-electron chi connectivity index (χ4n) is 1.74. The summed E-state index contributed by atoms with van der Waals surface area (Å²) in [5.41, 5.74) is 8.72. The zero-order valence-corrected chi connectivity index (χ0v) is 11.8. The van der Waals surface area contributed by atoms with Crippen LogP contribution in [-0.2, 0) is 5.41 Å². The molecule has 2 N–H and O–H groups in total. The topological polar surface area (TPSA) is 61.0 Å². The molecule has 0 radical (unpaired) electrons. The molecule has 1 aromatic carbocycles. The van der Waals surface area contributed by atoms with Crippen molar-refractivity contribution in [2.75, 3.05) is 12.8 Å². The number of methoxy groups -OCH3 is 1. The second kappa shape index (κ2) is 4.57. The van der Waals surface area contributed by atoms with Gasteiger partial charge in [-0.2, -0.15) is 8.75 Å². The van der Waals surface area contributed by atoms with Crippen molar-refractivity contribution in [3.63, 3.8) is 0 Å². The van der Waals surface area contributed by atoms with Crippen LogP contribution in [0, 0.1) is 0 Å². The summed E-state index contributed by atoms with van der Waals surface area (Å²) in [6.45, 7) is 6.50. The minimum atomic E-state index is 0.0687. The molecule has 0 saturated heterocycles. The second-order valence-corrected chi connectivity index (χ2v) is 5.69. The zero-order chi connectivity index (χ0) is 13.3. The van der Waals surface area contributed by atoms with Gasteiger partial charge in [-0.15, -0.1) is 0 Å². The molecule has 1 aromatic heterocycles. The highest BCUT2D eigenvalue weighted by molar-refractivity contribution is 6.99. The molecule has 18 heavy (non-hydrogen) atoms. The predicted molar refractivity (Wildman–Crippen MR) is 75.0 cm³/mol. The number of aromatic nitrogens is 2. The van der Waals surface area contributed by atoms with Crippen molar-refractivity contribution in [2.24, 2.45) is 0 Å². The minimum absolute atomic E-state index is 0.0687. The highest BCUT2D eigenvalue weighted by Gasteiger charge is 2.19. The normalized spacial score (nSPS) is 11.6. The van der Waals surface area contributed by atoms with Crippen LogP contribution >= 0.6 is 11.7 Å². The highest BCUT2D eigenvalue weighted by atomic mass is 32.1. The van der Waals surface area contributed by atoms with Gasteiger partial charge in [-0.3, -0.25) is 0 Å². The van der Waals surface area contributed by atoms with Crippen LogP contribution < -0.4 is 10.5 Å². The number of hydrogen-bond donors (Lipinski definition) is 1. The number of nitrogens with zero attached hydrogens (tertiary/aromatic N) is 2. The average molecular weight is 263 g/mol. The molecule has 0 fully saturated rings. The number of rotatable bonds is 2. The monoisotopic (exact) mass is 263 g/mol. The molecule has 4 nitrogen and oxygen atoms in total. The summed E-state index contributed by atoms with van der Waals surface area (Å²) in [5, 5.41) is 0. The third-order valence-electron chi connectivity index (χ3n) is 2.83. The van der Waals surface area contributed by atoms with Crippen molar-refractivity contribution >= 4 is 17.5 Å². The number of ether oxygens (including phenoxy) is 1. The van der Waals surface area contributed by atoms with Gasteiger partial charge >= 0.3 is 0 Å². The van der Waals surface area contributed by atoms with Crippen LogP contribution in [0.2, 0.25) is 0 Å². The Bertz CT molecular complexity index is 558. The number of nitrogens with two attached hydrogens (primary N) is 1. The average Bonchev–Trinajstić information content (AvgIpc) is 2.73. The summed E-state index contributed by atoms with van der Waals surface area (Å²) < 4.78 is 13.6. The van der Waals surface area contributed by atoms with E-state index in [0.29, 0.717) is 11.5 Å². The molecule has 0 aliphatic heterocycles. The lowest BCUT2D eigenvalue weighted by molar-refractivity contribution is 0.416. The molecule has 2 aromatic rings. The van der Waals surface area contributed by atoms with E-state index in [2.05, 4.69) is 41.7 Å². The maximum Gasteiger partial charge on any atom is 0.165 e. The smallest absolute Gasteiger partial charge is 0.165 e. The van der Waals surface area contributed by atoms with Crippen molar-refractivity contribution in [3.05, 3.63) is 23.8 Å². The van der Waals surface area contributed by atoms with E-state index >= 15 is 0 Å². The van der Waals surface area contributed by atoms with E-state index in [4.69, 9.17) is 10.5 Å². The molecular weight excluding hydrogens is 246 g/mol. The van der Waals surface area contributed by atoms with Crippen molar-refractivity contribution in [1.29, 1.82) is 0 Å². The lowest BCUT2D eigenvalue weighted by atomic mass is 9.85. The van der Waals surface area contributed by atoms with Gasteiger partial charge in [0.1, 0.15) is 11.4 Å². The van der Waals surface area contributed by atoms with Crippen molar-refractivity contribution in [1.82, 2.24) is 8.75 Å². The van der Waals surface area contributed by atoms with E-state index in [-0.39, 0.29) is 5.41 Å². The molecule has 0 amide bonds. The molecule has 0 aliphatic carbocycles. The van der Waals surface area contributed by atoms with Gasteiger partial charge in [0, 0.05) is 5.56 Å². The lowest BCUT2D eigenvalue weighted by Gasteiger charge is -2.20. The molecule has 0 spiro atoms. The quantitative estimate of drug-likeness (QED) is 0.904. The van der Waals surface area contributed by atoms with Gasteiger partial charge in [-0.05, 0) is 23.1 Å². The van der Waals surface area contributed by atoms with Gasteiger partial charge in [0.05, 0.1) is 18.8 Å². The maximum absolute atomic E-state index is 5.84.